The molecule has 1 saturated heterocycles. The fraction of sp³-hybridized carbons (Fsp3) is 1.00. The molecular formula is C13H25NO2S. The Labute approximate surface area is 107 Å². The highest BCUT2D eigenvalue weighted by Crippen LogP contribution is 2.31. The summed E-state index contributed by atoms with van der Waals surface area (Å²) in [5.41, 5.74) is 5.87. The monoisotopic (exact) mass is 259 g/mol. The van der Waals surface area contributed by atoms with Crippen LogP contribution in [0.2, 0.25) is 0 Å². The van der Waals surface area contributed by atoms with Crippen LogP contribution < -0.4 is 5.73 Å². The molecule has 0 aromatic carbocycles. The van der Waals surface area contributed by atoms with Crippen molar-refractivity contribution in [1.82, 2.24) is 0 Å². The Kier molecular flexibility index (Phi) is 5.00. The van der Waals surface area contributed by atoms with Crippen molar-refractivity contribution < 1.29 is 8.95 Å². The van der Waals surface area contributed by atoms with Gasteiger partial charge < -0.3 is 10.5 Å². The van der Waals surface area contributed by atoms with Gasteiger partial charge in [-0.25, -0.2) is 0 Å². The van der Waals surface area contributed by atoms with Crippen molar-refractivity contribution in [3.05, 3.63) is 0 Å². The molecule has 1 aliphatic carbocycles. The topological polar surface area (TPSA) is 52.3 Å². The van der Waals surface area contributed by atoms with E-state index in [1.165, 1.54) is 19.3 Å². The summed E-state index contributed by atoms with van der Waals surface area (Å²) in [6.45, 7) is 3.53. The molecule has 1 aliphatic heterocycles. The van der Waals surface area contributed by atoms with E-state index in [1.807, 2.05) is 0 Å². The molecule has 0 radical (unpaired) electrons. The van der Waals surface area contributed by atoms with Crippen molar-refractivity contribution in [1.29, 1.82) is 0 Å². The van der Waals surface area contributed by atoms with E-state index in [-0.39, 0.29) is 11.4 Å². The molecule has 0 spiro atoms. The zero-order valence-corrected chi connectivity index (χ0v) is 11.6. The van der Waals surface area contributed by atoms with Crippen molar-refractivity contribution in [2.75, 3.05) is 13.2 Å². The summed E-state index contributed by atoms with van der Waals surface area (Å²) in [6, 6.07) is 0. The van der Waals surface area contributed by atoms with E-state index in [0.717, 1.165) is 25.9 Å². The lowest BCUT2D eigenvalue weighted by molar-refractivity contribution is 0.126. The maximum Gasteiger partial charge on any atom is 0.0691 e. The standard InChI is InChI=1S/C13H25NO2S/c1-10-12(7-8-16-10)17(15)13-6-4-2-3-5-11(13)9-14/h10-13H,2-9,14H2,1H3. The first-order chi connectivity index (χ1) is 8.24. The maximum absolute atomic E-state index is 12.7. The van der Waals surface area contributed by atoms with Crippen LogP contribution in [0.1, 0.15) is 45.4 Å². The van der Waals surface area contributed by atoms with E-state index in [0.29, 0.717) is 17.7 Å². The average Bonchev–Trinajstić information content (AvgIpc) is 2.64. The summed E-state index contributed by atoms with van der Waals surface area (Å²) < 4.78 is 18.3. The van der Waals surface area contributed by atoms with Gasteiger partial charge in [0.25, 0.3) is 0 Å². The van der Waals surface area contributed by atoms with E-state index in [2.05, 4.69) is 6.92 Å². The molecule has 2 aliphatic rings. The second-order valence-electron chi connectivity index (χ2n) is 5.40. The summed E-state index contributed by atoms with van der Waals surface area (Å²) >= 11 is 0. The summed E-state index contributed by atoms with van der Waals surface area (Å²) in [6.07, 6.45) is 7.13. The lowest BCUT2D eigenvalue weighted by Gasteiger charge is -2.27. The van der Waals surface area contributed by atoms with Crippen molar-refractivity contribution in [3.63, 3.8) is 0 Å². The van der Waals surface area contributed by atoms with E-state index >= 15 is 0 Å². The number of ether oxygens (including phenoxy) is 1. The minimum absolute atomic E-state index is 0.164. The van der Waals surface area contributed by atoms with E-state index in [9.17, 15) is 4.21 Å². The highest BCUT2D eigenvalue weighted by atomic mass is 32.2. The van der Waals surface area contributed by atoms with Crippen LogP contribution in [0.25, 0.3) is 0 Å². The molecule has 17 heavy (non-hydrogen) atoms. The fourth-order valence-corrected chi connectivity index (χ4v) is 5.43. The highest BCUT2D eigenvalue weighted by Gasteiger charge is 2.37. The molecule has 5 atom stereocenters. The Bertz CT molecular complexity index is 272. The molecule has 0 aromatic rings. The van der Waals surface area contributed by atoms with Crippen molar-refractivity contribution in [2.45, 2.75) is 62.1 Å². The molecule has 5 unspecified atom stereocenters. The Hall–Kier alpha value is 0.0700. The predicted octanol–water partition coefficient (Wildman–Crippen LogP) is 1.82. The fourth-order valence-electron chi connectivity index (χ4n) is 3.17. The van der Waals surface area contributed by atoms with Gasteiger partial charge in [-0.3, -0.25) is 4.21 Å². The van der Waals surface area contributed by atoms with Crippen LogP contribution in [-0.4, -0.2) is 34.0 Å². The molecule has 0 bridgehead atoms. The first-order valence-electron chi connectivity index (χ1n) is 6.95. The van der Waals surface area contributed by atoms with E-state index in [4.69, 9.17) is 10.5 Å². The number of hydrogen-bond donors (Lipinski definition) is 1. The van der Waals surface area contributed by atoms with Gasteiger partial charge in [0, 0.05) is 22.7 Å². The van der Waals surface area contributed by atoms with Crippen LogP contribution in [0.15, 0.2) is 0 Å². The van der Waals surface area contributed by atoms with Gasteiger partial charge in [-0.1, -0.05) is 19.3 Å². The minimum Gasteiger partial charge on any atom is -0.377 e. The van der Waals surface area contributed by atoms with Gasteiger partial charge in [-0.15, -0.1) is 0 Å². The van der Waals surface area contributed by atoms with Gasteiger partial charge in [0.2, 0.25) is 0 Å². The maximum atomic E-state index is 12.7. The normalized spacial score (nSPS) is 41.1. The number of hydrogen-bond acceptors (Lipinski definition) is 3. The second kappa shape index (κ2) is 6.30. The smallest absolute Gasteiger partial charge is 0.0691 e. The van der Waals surface area contributed by atoms with E-state index < -0.39 is 10.8 Å². The Morgan fingerprint density at radius 2 is 1.94 bits per heavy atom. The van der Waals surface area contributed by atoms with Gasteiger partial charge in [0.05, 0.1) is 11.4 Å². The highest BCUT2D eigenvalue weighted by molar-refractivity contribution is 7.86. The van der Waals surface area contributed by atoms with Gasteiger partial charge in [0.15, 0.2) is 0 Å². The van der Waals surface area contributed by atoms with Crippen LogP contribution in [0.4, 0.5) is 0 Å². The largest absolute Gasteiger partial charge is 0.377 e. The SMILES string of the molecule is CC1OCCC1S(=O)C1CCCCCC1CN. The van der Waals surface area contributed by atoms with Gasteiger partial charge in [-0.2, -0.15) is 0 Å². The molecule has 3 nitrogen and oxygen atoms in total. The Balaban J connectivity index is 2.04. The third kappa shape index (κ3) is 3.09. The Morgan fingerprint density at radius 3 is 2.59 bits per heavy atom. The predicted molar refractivity (Wildman–Crippen MR) is 71.4 cm³/mol. The first-order valence-corrected chi connectivity index (χ1v) is 8.22. The molecule has 2 N–H and O–H groups in total. The molecule has 2 fully saturated rings. The molecular weight excluding hydrogens is 234 g/mol. The quantitative estimate of drug-likeness (QED) is 0.787. The van der Waals surface area contributed by atoms with Crippen molar-refractivity contribution in [2.24, 2.45) is 11.7 Å². The van der Waals surface area contributed by atoms with Crippen LogP contribution >= 0.6 is 0 Å². The van der Waals surface area contributed by atoms with Crippen LogP contribution in [0.3, 0.4) is 0 Å². The number of nitrogens with two attached hydrogens (primary N) is 1. The minimum atomic E-state index is -0.758. The molecule has 1 heterocycles. The molecule has 1 saturated carbocycles. The molecule has 4 heteroatoms. The number of rotatable bonds is 3. The molecule has 100 valence electrons. The summed E-state index contributed by atoms with van der Waals surface area (Å²) in [5.74, 6) is 0.464. The van der Waals surface area contributed by atoms with Crippen molar-refractivity contribution in [3.8, 4) is 0 Å². The van der Waals surface area contributed by atoms with Gasteiger partial charge in [-0.05, 0) is 38.6 Å². The lowest BCUT2D eigenvalue weighted by Crippen LogP contribution is -2.37. The molecule has 2 rings (SSSR count). The summed E-state index contributed by atoms with van der Waals surface area (Å²) in [4.78, 5) is 0. The van der Waals surface area contributed by atoms with Crippen LogP contribution in [-0.2, 0) is 15.5 Å². The van der Waals surface area contributed by atoms with Crippen LogP contribution in [0.5, 0.6) is 0 Å². The molecule has 0 aromatic heterocycles. The zero-order chi connectivity index (χ0) is 12.3. The summed E-state index contributed by atoms with van der Waals surface area (Å²) in [7, 11) is -0.758. The van der Waals surface area contributed by atoms with E-state index in [1.54, 1.807) is 0 Å². The van der Waals surface area contributed by atoms with Gasteiger partial charge >= 0.3 is 0 Å². The lowest BCUT2D eigenvalue weighted by atomic mass is 10.0. The third-order valence-electron chi connectivity index (χ3n) is 4.30. The second-order valence-corrected chi connectivity index (χ2v) is 7.27. The Morgan fingerprint density at radius 1 is 1.18 bits per heavy atom. The van der Waals surface area contributed by atoms with Crippen LogP contribution in [0, 0.1) is 5.92 Å². The summed E-state index contributed by atoms with van der Waals surface area (Å²) in [5, 5.41) is 0.559. The molecule has 0 amide bonds. The van der Waals surface area contributed by atoms with Crippen molar-refractivity contribution >= 4 is 10.8 Å². The zero-order valence-electron chi connectivity index (χ0n) is 10.8. The third-order valence-corrected chi connectivity index (χ3v) is 6.73. The average molecular weight is 259 g/mol. The first kappa shape index (κ1) is 13.5. The van der Waals surface area contributed by atoms with Gasteiger partial charge in [0.1, 0.15) is 0 Å².